The fourth-order valence-corrected chi connectivity index (χ4v) is 3.98. The number of hydrogen-bond acceptors (Lipinski definition) is 4. The number of carbonyl (C=O) groups is 1. The maximum Gasteiger partial charge on any atom is 0.313 e. The van der Waals surface area contributed by atoms with Crippen molar-refractivity contribution in [3.63, 3.8) is 0 Å². The molecule has 0 unspecified atom stereocenters. The van der Waals surface area contributed by atoms with Crippen molar-refractivity contribution < 1.29 is 19.7 Å². The minimum atomic E-state index is -1.11. The van der Waals surface area contributed by atoms with Crippen LogP contribution in [0, 0.1) is 5.41 Å². The molecule has 2 aromatic carbocycles. The van der Waals surface area contributed by atoms with Crippen LogP contribution in [0.25, 0.3) is 0 Å². The second-order valence-electron chi connectivity index (χ2n) is 7.54. The Bertz CT molecular complexity index is 737. The number of aryl methyl sites for hydroxylation is 1. The van der Waals surface area contributed by atoms with Crippen LogP contribution in [0.5, 0.6) is 5.75 Å². The highest BCUT2D eigenvalue weighted by Gasteiger charge is 2.48. The molecule has 1 heterocycles. The molecular formula is C23H29NO4. The Kier molecular flexibility index (Phi) is 7.06. The highest BCUT2D eigenvalue weighted by molar-refractivity contribution is 5.76. The lowest BCUT2D eigenvalue weighted by atomic mass is 9.73. The van der Waals surface area contributed by atoms with Crippen LogP contribution in [0.4, 0.5) is 0 Å². The van der Waals surface area contributed by atoms with Gasteiger partial charge in [-0.25, -0.2) is 0 Å². The molecule has 2 N–H and O–H groups in total. The number of aliphatic hydroxyl groups excluding tert-OH is 1. The summed E-state index contributed by atoms with van der Waals surface area (Å²) in [5, 5.41) is 20.5. The predicted octanol–water partition coefficient (Wildman–Crippen LogP) is 3.23. The Balaban J connectivity index is 1.56. The lowest BCUT2D eigenvalue weighted by Crippen LogP contribution is -2.56. The molecule has 150 valence electrons. The summed E-state index contributed by atoms with van der Waals surface area (Å²) in [6.45, 7) is 2.19. The first-order valence-corrected chi connectivity index (χ1v) is 9.96. The van der Waals surface area contributed by atoms with Crippen LogP contribution in [0.3, 0.4) is 0 Å². The molecule has 5 nitrogen and oxygen atoms in total. The van der Waals surface area contributed by atoms with Gasteiger partial charge in [0.2, 0.25) is 0 Å². The van der Waals surface area contributed by atoms with Crippen molar-refractivity contribution in [2.75, 3.05) is 26.2 Å². The zero-order chi connectivity index (χ0) is 19.8. The first kappa shape index (κ1) is 20.4. The number of aliphatic carboxylic acids is 1. The molecule has 1 aliphatic rings. The van der Waals surface area contributed by atoms with Gasteiger partial charge in [0, 0.05) is 19.6 Å². The van der Waals surface area contributed by atoms with Gasteiger partial charge in [-0.15, -0.1) is 0 Å². The Morgan fingerprint density at radius 1 is 1.11 bits per heavy atom. The number of hydrogen-bond donors (Lipinski definition) is 2. The number of aliphatic hydroxyl groups is 1. The van der Waals surface area contributed by atoms with E-state index in [1.54, 1.807) is 0 Å². The number of ether oxygens (including phenoxy) is 1. The van der Waals surface area contributed by atoms with Crippen molar-refractivity contribution >= 4 is 5.97 Å². The third-order valence-corrected chi connectivity index (χ3v) is 5.64. The normalized spacial score (nSPS) is 22.7. The van der Waals surface area contributed by atoms with Crippen molar-refractivity contribution in [1.82, 2.24) is 4.90 Å². The monoisotopic (exact) mass is 383 g/mol. The molecule has 2 atom stereocenters. The lowest BCUT2D eigenvalue weighted by Gasteiger charge is -2.43. The van der Waals surface area contributed by atoms with E-state index in [1.807, 2.05) is 48.5 Å². The predicted molar refractivity (Wildman–Crippen MR) is 108 cm³/mol. The Morgan fingerprint density at radius 2 is 1.79 bits per heavy atom. The number of piperidine rings is 1. The van der Waals surface area contributed by atoms with Crippen molar-refractivity contribution in [3.05, 3.63) is 66.2 Å². The molecule has 1 saturated heterocycles. The van der Waals surface area contributed by atoms with E-state index in [1.165, 1.54) is 5.56 Å². The zero-order valence-electron chi connectivity index (χ0n) is 16.2. The van der Waals surface area contributed by atoms with E-state index < -0.39 is 17.5 Å². The average Bonchev–Trinajstić information content (AvgIpc) is 2.71. The number of carboxylic acid groups (broad SMARTS) is 1. The van der Waals surface area contributed by atoms with E-state index >= 15 is 0 Å². The molecule has 0 radical (unpaired) electrons. The molecule has 0 spiro atoms. The van der Waals surface area contributed by atoms with E-state index in [4.69, 9.17) is 4.74 Å². The summed E-state index contributed by atoms with van der Waals surface area (Å²) in [7, 11) is 0. The summed E-state index contributed by atoms with van der Waals surface area (Å²) in [5.74, 6) is -0.0892. The van der Waals surface area contributed by atoms with Crippen LogP contribution in [0.15, 0.2) is 60.7 Å². The van der Waals surface area contributed by atoms with Gasteiger partial charge in [0.05, 0.1) is 6.10 Å². The molecule has 0 saturated carbocycles. The summed E-state index contributed by atoms with van der Waals surface area (Å²) in [4.78, 5) is 14.3. The maximum absolute atomic E-state index is 12.2. The molecule has 0 aromatic heterocycles. The largest absolute Gasteiger partial charge is 0.492 e. The van der Waals surface area contributed by atoms with Gasteiger partial charge in [0.25, 0.3) is 0 Å². The van der Waals surface area contributed by atoms with Gasteiger partial charge < -0.3 is 14.9 Å². The standard InChI is InChI=1S/C23H29NO4/c25-21-13-15-24(16-17-28-20-11-5-2-6-12-20)18-23(21,22(26)27)14-7-10-19-8-3-1-4-9-19/h1-6,8-9,11-12,21,25H,7,10,13-18H2,(H,26,27)/t21-,23-/m1/s1. The topological polar surface area (TPSA) is 70.0 Å². The SMILES string of the molecule is O=C(O)[C@]1(CCCc2ccccc2)CN(CCOc2ccccc2)CC[C@H]1O. The van der Waals surface area contributed by atoms with Crippen LogP contribution in [-0.2, 0) is 11.2 Å². The van der Waals surface area contributed by atoms with Crippen LogP contribution >= 0.6 is 0 Å². The van der Waals surface area contributed by atoms with Crippen molar-refractivity contribution in [3.8, 4) is 5.75 Å². The van der Waals surface area contributed by atoms with Crippen molar-refractivity contribution in [2.24, 2.45) is 5.41 Å². The van der Waals surface area contributed by atoms with E-state index in [0.29, 0.717) is 39.1 Å². The van der Waals surface area contributed by atoms with Gasteiger partial charge >= 0.3 is 5.97 Å². The first-order valence-electron chi connectivity index (χ1n) is 9.96. The molecule has 1 fully saturated rings. The number of rotatable bonds is 9. The summed E-state index contributed by atoms with van der Waals surface area (Å²) in [6, 6.07) is 19.7. The van der Waals surface area contributed by atoms with Crippen LogP contribution in [0.2, 0.25) is 0 Å². The van der Waals surface area contributed by atoms with E-state index in [2.05, 4.69) is 17.0 Å². The Labute approximate surface area is 166 Å². The summed E-state index contributed by atoms with van der Waals surface area (Å²) < 4.78 is 5.75. The van der Waals surface area contributed by atoms with Gasteiger partial charge in [-0.2, -0.15) is 0 Å². The Hall–Kier alpha value is -2.37. The molecule has 0 amide bonds. The van der Waals surface area contributed by atoms with Crippen LogP contribution in [0.1, 0.15) is 24.8 Å². The average molecular weight is 383 g/mol. The van der Waals surface area contributed by atoms with Crippen LogP contribution in [-0.4, -0.2) is 53.4 Å². The third kappa shape index (κ3) is 5.12. The fraction of sp³-hybridized carbons (Fsp3) is 0.435. The summed E-state index contributed by atoms with van der Waals surface area (Å²) in [6.07, 6.45) is 1.69. The number of carboxylic acids is 1. The van der Waals surface area contributed by atoms with E-state index in [-0.39, 0.29) is 0 Å². The molecule has 2 aromatic rings. The molecule has 0 aliphatic carbocycles. The second kappa shape index (κ2) is 9.71. The summed E-state index contributed by atoms with van der Waals surface area (Å²) >= 11 is 0. The van der Waals surface area contributed by atoms with E-state index in [0.717, 1.165) is 18.6 Å². The highest BCUT2D eigenvalue weighted by Crippen LogP contribution is 2.36. The Morgan fingerprint density at radius 3 is 2.46 bits per heavy atom. The molecule has 0 bridgehead atoms. The summed E-state index contributed by atoms with van der Waals surface area (Å²) in [5.41, 5.74) is 0.0845. The van der Waals surface area contributed by atoms with Crippen molar-refractivity contribution in [2.45, 2.75) is 31.8 Å². The quantitative estimate of drug-likeness (QED) is 0.696. The molecule has 3 rings (SSSR count). The number of para-hydroxylation sites is 1. The molecule has 1 aliphatic heterocycles. The fourth-order valence-electron chi connectivity index (χ4n) is 3.98. The smallest absolute Gasteiger partial charge is 0.313 e. The second-order valence-corrected chi connectivity index (χ2v) is 7.54. The van der Waals surface area contributed by atoms with Gasteiger partial charge in [-0.1, -0.05) is 48.5 Å². The third-order valence-electron chi connectivity index (χ3n) is 5.64. The zero-order valence-corrected chi connectivity index (χ0v) is 16.2. The molecule has 28 heavy (non-hydrogen) atoms. The highest BCUT2D eigenvalue weighted by atomic mass is 16.5. The first-order chi connectivity index (χ1) is 13.6. The van der Waals surface area contributed by atoms with Gasteiger partial charge in [0.1, 0.15) is 17.8 Å². The maximum atomic E-state index is 12.2. The lowest BCUT2D eigenvalue weighted by molar-refractivity contribution is -0.164. The molecule has 5 heteroatoms. The van der Waals surface area contributed by atoms with Gasteiger partial charge in [0.15, 0.2) is 0 Å². The number of likely N-dealkylation sites (tertiary alicyclic amines) is 1. The minimum absolute atomic E-state index is 0.358. The van der Waals surface area contributed by atoms with E-state index in [9.17, 15) is 15.0 Å². The minimum Gasteiger partial charge on any atom is -0.492 e. The van der Waals surface area contributed by atoms with Crippen molar-refractivity contribution in [1.29, 1.82) is 0 Å². The molecular weight excluding hydrogens is 354 g/mol. The number of benzene rings is 2. The van der Waals surface area contributed by atoms with Gasteiger partial charge in [-0.05, 0) is 43.4 Å². The number of nitrogens with zero attached hydrogens (tertiary/aromatic N) is 1. The van der Waals surface area contributed by atoms with Gasteiger partial charge in [-0.3, -0.25) is 9.69 Å². The van der Waals surface area contributed by atoms with Crippen LogP contribution < -0.4 is 4.74 Å².